The van der Waals surface area contributed by atoms with E-state index in [0.717, 1.165) is 49.6 Å². The van der Waals surface area contributed by atoms with Crippen molar-refractivity contribution >= 4 is 21.7 Å². The van der Waals surface area contributed by atoms with Crippen molar-refractivity contribution in [3.05, 3.63) is 133 Å². The SMILES string of the molecule is c1ccc(-c2nc(-c3ccccc3)nc(-c3cccc4ccc(-c5ccc6ccccc6n5)cc34)n2)cc1. The van der Waals surface area contributed by atoms with Gasteiger partial charge in [-0.25, -0.2) is 19.9 Å². The van der Waals surface area contributed by atoms with Gasteiger partial charge in [0, 0.05) is 27.6 Å². The van der Waals surface area contributed by atoms with Gasteiger partial charge in [0.25, 0.3) is 0 Å². The van der Waals surface area contributed by atoms with Crippen LogP contribution in [0.25, 0.3) is 67.1 Å². The van der Waals surface area contributed by atoms with Crippen LogP contribution < -0.4 is 0 Å². The number of fused-ring (bicyclic) bond motifs is 2. The summed E-state index contributed by atoms with van der Waals surface area (Å²) in [5, 5.41) is 3.32. The van der Waals surface area contributed by atoms with Gasteiger partial charge in [0.2, 0.25) is 0 Å². The molecule has 0 aliphatic heterocycles. The van der Waals surface area contributed by atoms with E-state index in [4.69, 9.17) is 19.9 Å². The lowest BCUT2D eigenvalue weighted by Crippen LogP contribution is -2.00. The van der Waals surface area contributed by atoms with Crippen molar-refractivity contribution in [1.82, 2.24) is 19.9 Å². The minimum absolute atomic E-state index is 0.645. The fraction of sp³-hybridized carbons (Fsp3) is 0. The van der Waals surface area contributed by atoms with E-state index >= 15 is 0 Å². The molecule has 5 aromatic carbocycles. The van der Waals surface area contributed by atoms with Gasteiger partial charge in [-0.05, 0) is 29.0 Å². The summed E-state index contributed by atoms with van der Waals surface area (Å²) in [6.45, 7) is 0. The minimum Gasteiger partial charge on any atom is -0.248 e. The number of hydrogen-bond acceptors (Lipinski definition) is 4. The van der Waals surface area contributed by atoms with Gasteiger partial charge in [-0.15, -0.1) is 0 Å². The van der Waals surface area contributed by atoms with Gasteiger partial charge in [-0.2, -0.15) is 0 Å². The Morgan fingerprint density at radius 2 is 0.974 bits per heavy atom. The first-order valence-electron chi connectivity index (χ1n) is 12.6. The van der Waals surface area contributed by atoms with Crippen LogP contribution >= 0.6 is 0 Å². The minimum atomic E-state index is 0.645. The molecule has 2 heterocycles. The smallest absolute Gasteiger partial charge is 0.164 e. The molecular formula is C34H22N4. The third kappa shape index (κ3) is 4.08. The van der Waals surface area contributed by atoms with Crippen LogP contribution in [0.4, 0.5) is 0 Å². The third-order valence-electron chi connectivity index (χ3n) is 6.72. The Labute approximate surface area is 220 Å². The van der Waals surface area contributed by atoms with Gasteiger partial charge in [-0.3, -0.25) is 0 Å². The Kier molecular flexibility index (Phi) is 5.41. The summed E-state index contributed by atoms with van der Waals surface area (Å²) in [4.78, 5) is 19.7. The molecule has 0 aliphatic rings. The molecule has 0 unspecified atom stereocenters. The number of benzene rings is 5. The number of para-hydroxylation sites is 1. The van der Waals surface area contributed by atoms with Gasteiger partial charge in [0.05, 0.1) is 11.2 Å². The summed E-state index contributed by atoms with van der Waals surface area (Å²) in [5.74, 6) is 1.95. The Bertz CT molecular complexity index is 1860. The highest BCUT2D eigenvalue weighted by molar-refractivity contribution is 5.98. The molecule has 7 aromatic rings. The van der Waals surface area contributed by atoms with E-state index in [9.17, 15) is 0 Å². The van der Waals surface area contributed by atoms with Crippen molar-refractivity contribution in [1.29, 1.82) is 0 Å². The molecule has 38 heavy (non-hydrogen) atoms. The summed E-state index contributed by atoms with van der Waals surface area (Å²) >= 11 is 0. The first-order valence-corrected chi connectivity index (χ1v) is 12.6. The maximum Gasteiger partial charge on any atom is 0.164 e. The molecule has 178 valence electrons. The molecule has 0 N–H and O–H groups in total. The van der Waals surface area contributed by atoms with E-state index in [-0.39, 0.29) is 0 Å². The monoisotopic (exact) mass is 486 g/mol. The highest BCUT2D eigenvalue weighted by atomic mass is 15.0. The van der Waals surface area contributed by atoms with Crippen LogP contribution in [0.2, 0.25) is 0 Å². The Morgan fingerprint density at radius 3 is 1.71 bits per heavy atom. The molecule has 2 aromatic heterocycles. The second kappa shape index (κ2) is 9.34. The topological polar surface area (TPSA) is 51.6 Å². The zero-order chi connectivity index (χ0) is 25.3. The van der Waals surface area contributed by atoms with Crippen molar-refractivity contribution in [2.45, 2.75) is 0 Å². The maximum atomic E-state index is 4.96. The van der Waals surface area contributed by atoms with Crippen molar-refractivity contribution in [3.8, 4) is 45.4 Å². The van der Waals surface area contributed by atoms with Gasteiger partial charge in [0.15, 0.2) is 17.5 Å². The lowest BCUT2D eigenvalue weighted by molar-refractivity contribution is 1.08. The first-order chi connectivity index (χ1) is 18.8. The van der Waals surface area contributed by atoms with Gasteiger partial charge in [0.1, 0.15) is 0 Å². The predicted molar refractivity (Wildman–Crippen MR) is 154 cm³/mol. The molecule has 0 aliphatic carbocycles. The first kappa shape index (κ1) is 22.0. The highest BCUT2D eigenvalue weighted by Gasteiger charge is 2.15. The molecule has 0 saturated carbocycles. The lowest BCUT2D eigenvalue weighted by Gasteiger charge is -2.11. The van der Waals surface area contributed by atoms with Crippen LogP contribution in [0.3, 0.4) is 0 Å². The quantitative estimate of drug-likeness (QED) is 0.251. The molecule has 0 fully saturated rings. The molecular weight excluding hydrogens is 464 g/mol. The number of rotatable bonds is 4. The molecule has 0 saturated heterocycles. The second-order valence-electron chi connectivity index (χ2n) is 9.17. The van der Waals surface area contributed by atoms with E-state index in [2.05, 4.69) is 54.6 Å². The Morgan fingerprint density at radius 1 is 0.368 bits per heavy atom. The van der Waals surface area contributed by atoms with Crippen molar-refractivity contribution in [2.24, 2.45) is 0 Å². The van der Waals surface area contributed by atoms with Crippen LogP contribution in [0.1, 0.15) is 0 Å². The highest BCUT2D eigenvalue weighted by Crippen LogP contribution is 2.32. The molecule has 0 bridgehead atoms. The molecule has 0 amide bonds. The van der Waals surface area contributed by atoms with Crippen molar-refractivity contribution < 1.29 is 0 Å². The van der Waals surface area contributed by atoms with Crippen LogP contribution in [0.15, 0.2) is 133 Å². The number of pyridine rings is 1. The summed E-state index contributed by atoms with van der Waals surface area (Å²) < 4.78 is 0. The standard InChI is InChI=1S/C34H22N4/c1-3-11-25(12-4-1)32-36-33(26-13-5-2-6-14-26)38-34(37-32)28-16-9-15-23-18-19-27(22-29(23)28)31-21-20-24-10-7-8-17-30(24)35-31/h1-22H. The molecule has 0 atom stereocenters. The van der Waals surface area contributed by atoms with Crippen LogP contribution in [-0.4, -0.2) is 19.9 Å². The normalized spacial score (nSPS) is 11.2. The van der Waals surface area contributed by atoms with Crippen molar-refractivity contribution in [3.63, 3.8) is 0 Å². The lowest BCUT2D eigenvalue weighted by atomic mass is 9.99. The van der Waals surface area contributed by atoms with E-state index < -0.39 is 0 Å². The molecule has 4 heteroatoms. The van der Waals surface area contributed by atoms with Gasteiger partial charge in [-0.1, -0.05) is 115 Å². The molecule has 0 radical (unpaired) electrons. The summed E-state index contributed by atoms with van der Waals surface area (Å²) in [6, 6.07) is 45.2. The molecule has 0 spiro atoms. The average molecular weight is 487 g/mol. The van der Waals surface area contributed by atoms with Crippen LogP contribution in [0, 0.1) is 0 Å². The zero-order valence-electron chi connectivity index (χ0n) is 20.5. The fourth-order valence-corrected chi connectivity index (χ4v) is 4.78. The van der Waals surface area contributed by atoms with Crippen LogP contribution in [-0.2, 0) is 0 Å². The van der Waals surface area contributed by atoms with Gasteiger partial charge >= 0.3 is 0 Å². The Hall–Kier alpha value is -5.22. The summed E-state index contributed by atoms with van der Waals surface area (Å²) in [7, 11) is 0. The van der Waals surface area contributed by atoms with E-state index in [1.807, 2.05) is 78.9 Å². The zero-order valence-corrected chi connectivity index (χ0v) is 20.5. The average Bonchev–Trinajstić information content (AvgIpc) is 3.01. The Balaban J connectivity index is 1.43. The summed E-state index contributed by atoms with van der Waals surface area (Å²) in [6.07, 6.45) is 0. The maximum absolute atomic E-state index is 4.96. The number of nitrogens with zero attached hydrogens (tertiary/aromatic N) is 4. The van der Waals surface area contributed by atoms with Crippen molar-refractivity contribution in [2.75, 3.05) is 0 Å². The largest absolute Gasteiger partial charge is 0.248 e. The summed E-state index contributed by atoms with van der Waals surface area (Å²) in [5.41, 5.74) is 5.84. The van der Waals surface area contributed by atoms with E-state index in [1.54, 1.807) is 0 Å². The molecule has 4 nitrogen and oxygen atoms in total. The van der Waals surface area contributed by atoms with Crippen LogP contribution in [0.5, 0.6) is 0 Å². The van der Waals surface area contributed by atoms with E-state index in [1.165, 1.54) is 0 Å². The van der Waals surface area contributed by atoms with E-state index in [0.29, 0.717) is 17.5 Å². The third-order valence-corrected chi connectivity index (χ3v) is 6.72. The predicted octanol–water partition coefficient (Wildman–Crippen LogP) is 8.24. The fourth-order valence-electron chi connectivity index (χ4n) is 4.78. The number of hydrogen-bond donors (Lipinski definition) is 0. The second-order valence-corrected chi connectivity index (χ2v) is 9.17. The van der Waals surface area contributed by atoms with Gasteiger partial charge < -0.3 is 0 Å². The molecule has 7 rings (SSSR count). The number of aromatic nitrogens is 4.